The Kier molecular flexibility index (Phi) is 20.7. The Labute approximate surface area is 335 Å². The van der Waals surface area contributed by atoms with Gasteiger partial charge in [-0.3, -0.25) is 0 Å². The lowest BCUT2D eigenvalue weighted by Crippen LogP contribution is -2.60. The molecule has 4 rings (SSSR count). The summed E-state index contributed by atoms with van der Waals surface area (Å²) >= 11 is 0. The zero-order valence-electron chi connectivity index (χ0n) is 29.4. The highest BCUT2D eigenvalue weighted by molar-refractivity contribution is 7.87. The minimum Gasteiger partial charge on any atom is -0.458 e. The first kappa shape index (κ1) is 61.5. The van der Waals surface area contributed by atoms with Crippen LogP contribution in [0.4, 0.5) is 113 Å². The van der Waals surface area contributed by atoms with Gasteiger partial charge >= 0.3 is 110 Å². The monoisotopic (exact) mass is 1060 g/mol. The molecule has 0 spiro atoms. The minimum atomic E-state index is -7.24. The fourth-order valence-electron chi connectivity index (χ4n) is 2.65. The van der Waals surface area contributed by atoms with Gasteiger partial charge in [0.25, 0.3) is 0 Å². The lowest BCUT2D eigenvalue weighted by Gasteiger charge is -2.34. The van der Waals surface area contributed by atoms with Crippen molar-refractivity contribution in [3.05, 3.63) is 48.6 Å². The molecule has 4 aliphatic heterocycles. The minimum absolute atomic E-state index is 0.0746. The fraction of sp³-hybridized carbons (Fsp3) is 0.652. The first-order valence-electron chi connectivity index (χ1n) is 14.1. The van der Waals surface area contributed by atoms with Crippen LogP contribution >= 0.6 is 0 Å². The highest BCUT2D eigenvalue weighted by Crippen LogP contribution is 2.51. The van der Waals surface area contributed by atoms with Crippen LogP contribution in [-0.2, 0) is 63.1 Å². The van der Waals surface area contributed by atoms with E-state index in [1.807, 2.05) is 0 Å². The van der Waals surface area contributed by atoms with Gasteiger partial charge in [0, 0.05) is 13.8 Å². The van der Waals surface area contributed by atoms with Crippen LogP contribution in [-0.4, -0.2) is 96.3 Å². The molecule has 0 bridgehead atoms. The van der Waals surface area contributed by atoms with Gasteiger partial charge in [0.05, 0.1) is 0 Å². The molecule has 64 heavy (non-hydrogen) atoms. The number of halogens is 26. The molecule has 380 valence electrons. The van der Waals surface area contributed by atoms with Crippen LogP contribution in [0.15, 0.2) is 48.6 Å². The van der Waals surface area contributed by atoms with Crippen molar-refractivity contribution in [3.8, 4) is 0 Å². The van der Waals surface area contributed by atoms with E-state index in [0.717, 1.165) is 0 Å². The number of hydrogen-bond donors (Lipinski definition) is 0. The number of hydrogen-bond acceptors (Lipinski definition) is 13. The molecule has 0 aliphatic carbocycles. The van der Waals surface area contributed by atoms with Gasteiger partial charge in [-0.25, -0.2) is 4.74 Å². The van der Waals surface area contributed by atoms with Crippen LogP contribution in [0.3, 0.4) is 0 Å². The zero-order valence-corrected chi connectivity index (χ0v) is 31.1. The predicted molar refractivity (Wildman–Crippen MR) is 142 cm³/mol. The van der Waals surface area contributed by atoms with Gasteiger partial charge in [-0.15, -0.1) is 30.7 Å². The molecule has 2 saturated heterocycles. The second-order valence-corrected chi connectivity index (χ2v) is 12.9. The maximum Gasteiger partial charge on any atom is 0.559 e. The van der Waals surface area contributed by atoms with Gasteiger partial charge in [0.1, 0.15) is 26.4 Å². The highest BCUT2D eigenvalue weighted by Gasteiger charge is 2.78. The van der Waals surface area contributed by atoms with E-state index in [9.17, 15) is 130 Å². The summed E-state index contributed by atoms with van der Waals surface area (Å²) in [5.74, 6) is -13.4. The normalized spacial score (nSPS) is 21.2. The molecular weight excluding hydrogens is 1040 g/mol. The Morgan fingerprint density at radius 2 is 0.828 bits per heavy atom. The zero-order chi connectivity index (χ0) is 51.6. The van der Waals surface area contributed by atoms with Gasteiger partial charge < -0.3 is 37.9 Å². The molecule has 2 fully saturated rings. The topological polar surface area (TPSA) is 151 Å². The van der Waals surface area contributed by atoms with Crippen molar-refractivity contribution in [1.29, 1.82) is 0 Å². The quantitative estimate of drug-likeness (QED) is 0.184. The first-order chi connectivity index (χ1) is 28.0. The second-order valence-electron chi connectivity index (χ2n) is 10.1. The number of alkyl halides is 18. The summed E-state index contributed by atoms with van der Waals surface area (Å²) in [4.78, 5) is 0. The standard InChI is InChI=1S/C6H4F6O4S.C5H4F4O2.2C4H4F2O2.C3F8O3S.CF4/c1-4(15-2-3(7)16-4)5(8,9)6(10,11)17(12,13)14;1-4(5(7,8)9)10-2-3(6)11-4;2*5-3(6)4-7-1-2-8-4;4-1(5,14-3(8,9)10)2(6,7)15(11,12)13;2-1(3,4)5/h2H,1H3;2H,1H3;2*1-2H2;;. The summed E-state index contributed by atoms with van der Waals surface area (Å²) in [5, 5.41) is -12.8. The van der Waals surface area contributed by atoms with E-state index in [2.05, 4.69) is 37.9 Å². The molecule has 0 aromatic rings. The molecule has 2 unspecified atom stereocenters. The van der Waals surface area contributed by atoms with Crippen LogP contribution in [0.1, 0.15) is 13.8 Å². The molecule has 4 aliphatic rings. The summed E-state index contributed by atoms with van der Waals surface area (Å²) in [7, 11) is -14.2. The summed E-state index contributed by atoms with van der Waals surface area (Å²) in [6, 6.07) is -3.15. The molecule has 0 saturated carbocycles. The predicted octanol–water partition coefficient (Wildman–Crippen LogP) is 9.81. The molecule has 13 nitrogen and oxygen atoms in total. The molecule has 0 N–H and O–H groups in total. The maximum absolute atomic E-state index is 13.1. The smallest absolute Gasteiger partial charge is 0.458 e. The van der Waals surface area contributed by atoms with Gasteiger partial charge in [0.15, 0.2) is 12.5 Å². The molecular formula is C23H16F26O13S2. The van der Waals surface area contributed by atoms with E-state index in [1.165, 1.54) is 4.74 Å². The summed E-state index contributed by atoms with van der Waals surface area (Å²) in [6.07, 6.45) is -26.6. The van der Waals surface area contributed by atoms with Crippen LogP contribution in [0.5, 0.6) is 0 Å². The van der Waals surface area contributed by atoms with Crippen molar-refractivity contribution in [2.75, 3.05) is 26.4 Å². The molecule has 2 atom stereocenters. The summed E-state index contributed by atoms with van der Waals surface area (Å²) in [6.45, 7) is 1.64. The molecule has 41 heteroatoms. The Morgan fingerprint density at radius 3 is 1.00 bits per heavy atom. The average Bonchev–Trinajstić information content (AvgIpc) is 3.88. The molecule has 0 aromatic heterocycles. The third kappa shape index (κ3) is 18.5. The number of ether oxygens (including phenoxy) is 9. The number of rotatable bonds is 6. The van der Waals surface area contributed by atoms with Crippen LogP contribution < -0.4 is 0 Å². The van der Waals surface area contributed by atoms with Crippen molar-refractivity contribution in [1.82, 2.24) is 0 Å². The van der Waals surface area contributed by atoms with Gasteiger partial charge in [0.2, 0.25) is 0 Å². The lowest BCUT2D eigenvalue weighted by molar-refractivity contribution is -0.453. The third-order valence-corrected chi connectivity index (χ3v) is 7.11. The Balaban J connectivity index is 0. The molecule has 4 heterocycles. The van der Waals surface area contributed by atoms with Crippen molar-refractivity contribution in [2.24, 2.45) is 0 Å². The largest absolute Gasteiger partial charge is 0.559 e. The van der Waals surface area contributed by atoms with E-state index in [0.29, 0.717) is 6.92 Å². The summed E-state index contributed by atoms with van der Waals surface area (Å²) < 4.78 is 373. The van der Waals surface area contributed by atoms with E-state index in [-0.39, 0.29) is 45.9 Å². The molecule has 0 aromatic carbocycles. The molecule has 0 radical (unpaired) electrons. The second kappa shape index (κ2) is 21.6. The first-order valence-corrected chi connectivity index (χ1v) is 16.8. The van der Waals surface area contributed by atoms with Crippen molar-refractivity contribution >= 4 is 20.4 Å². The van der Waals surface area contributed by atoms with E-state index < -0.39 is 110 Å². The SMILES string of the molecule is CC1(C(F)(F)C(F)(F)S(=O)(=O)F)OC=C(F)O1.CC1(C(F)(F)F)OC=C(F)O1.FC(F)(F)F.FC(F)=C1OCCO1.FC(F)=C1OCCO1.O=S(=O)(F)C(F)(F)C(F)(F)OC(F)(F)F. The van der Waals surface area contributed by atoms with Gasteiger partial charge in [-0.05, 0) is 0 Å². The highest BCUT2D eigenvalue weighted by atomic mass is 32.3. The summed E-state index contributed by atoms with van der Waals surface area (Å²) in [5.41, 5.74) is 0. The van der Waals surface area contributed by atoms with Crippen LogP contribution in [0.25, 0.3) is 0 Å². The van der Waals surface area contributed by atoms with Crippen molar-refractivity contribution in [2.45, 2.75) is 66.9 Å². The van der Waals surface area contributed by atoms with Crippen molar-refractivity contribution < 1.29 is 173 Å². The average molecular weight is 1060 g/mol. The van der Waals surface area contributed by atoms with Crippen LogP contribution in [0.2, 0.25) is 0 Å². The Morgan fingerprint density at radius 1 is 0.547 bits per heavy atom. The van der Waals surface area contributed by atoms with Gasteiger partial charge in [-0.1, -0.05) is 7.77 Å². The van der Waals surface area contributed by atoms with Crippen LogP contribution in [0, 0.1) is 0 Å². The Bertz CT molecular complexity index is 1830. The Hall–Kier alpha value is -4.60. The van der Waals surface area contributed by atoms with E-state index in [4.69, 9.17) is 0 Å². The van der Waals surface area contributed by atoms with Crippen molar-refractivity contribution in [3.63, 3.8) is 0 Å². The van der Waals surface area contributed by atoms with Gasteiger partial charge in [-0.2, -0.15) is 91.5 Å². The molecule has 0 amide bonds. The lowest BCUT2D eigenvalue weighted by atomic mass is 10.1. The fourth-order valence-corrected chi connectivity index (χ4v) is 3.47. The third-order valence-electron chi connectivity index (χ3n) is 5.39. The van der Waals surface area contributed by atoms with E-state index >= 15 is 0 Å². The maximum atomic E-state index is 13.1. The van der Waals surface area contributed by atoms with E-state index in [1.54, 1.807) is 0 Å².